The fourth-order valence-corrected chi connectivity index (χ4v) is 2.88. The minimum atomic E-state index is -0.0947. The van der Waals surface area contributed by atoms with Crippen molar-refractivity contribution < 1.29 is 4.42 Å². The molecule has 0 fully saturated rings. The summed E-state index contributed by atoms with van der Waals surface area (Å²) in [7, 11) is 0. The van der Waals surface area contributed by atoms with E-state index in [1.165, 1.54) is 11.3 Å². The Balaban J connectivity index is 1.87. The van der Waals surface area contributed by atoms with Gasteiger partial charge in [0, 0.05) is 23.4 Å². The molecule has 0 saturated heterocycles. The number of hydrogen-bond acceptors (Lipinski definition) is 5. The SMILES string of the molecule is CC(C)(C)c1cnc(C#Cc2sc(-c3cccnc3)nc2Cl)o1. The zero-order valence-corrected chi connectivity index (χ0v) is 14.5. The van der Waals surface area contributed by atoms with E-state index >= 15 is 0 Å². The highest BCUT2D eigenvalue weighted by Gasteiger charge is 2.18. The number of pyridine rings is 1. The van der Waals surface area contributed by atoms with E-state index in [0.29, 0.717) is 15.9 Å². The van der Waals surface area contributed by atoms with Gasteiger partial charge in [0.2, 0.25) is 0 Å². The van der Waals surface area contributed by atoms with E-state index in [4.69, 9.17) is 16.0 Å². The van der Waals surface area contributed by atoms with Crippen molar-refractivity contribution in [1.82, 2.24) is 15.0 Å². The quantitative estimate of drug-likeness (QED) is 0.608. The maximum Gasteiger partial charge on any atom is 0.273 e. The van der Waals surface area contributed by atoms with Crippen molar-refractivity contribution in [2.75, 3.05) is 0 Å². The predicted molar refractivity (Wildman–Crippen MR) is 91.5 cm³/mol. The van der Waals surface area contributed by atoms with Crippen LogP contribution in [0, 0.1) is 11.8 Å². The highest BCUT2D eigenvalue weighted by atomic mass is 35.5. The molecule has 3 heterocycles. The van der Waals surface area contributed by atoms with Crippen LogP contribution in [0.3, 0.4) is 0 Å². The van der Waals surface area contributed by atoms with Gasteiger partial charge in [-0.25, -0.2) is 9.97 Å². The normalized spacial score (nSPS) is 11.1. The summed E-state index contributed by atoms with van der Waals surface area (Å²) in [4.78, 5) is 13.3. The molecule has 0 aliphatic rings. The summed E-state index contributed by atoms with van der Waals surface area (Å²) in [5.41, 5.74) is 0.821. The number of nitrogens with zero attached hydrogens (tertiary/aromatic N) is 3. The molecule has 0 aliphatic carbocycles. The summed E-state index contributed by atoms with van der Waals surface area (Å²) in [5.74, 6) is 7.06. The van der Waals surface area contributed by atoms with Crippen LogP contribution in [0.15, 0.2) is 35.1 Å². The molecule has 0 unspecified atom stereocenters. The van der Waals surface area contributed by atoms with Crippen LogP contribution in [0.4, 0.5) is 0 Å². The predicted octanol–water partition coefficient (Wildman–Crippen LogP) is 4.54. The smallest absolute Gasteiger partial charge is 0.273 e. The molecule has 3 rings (SSSR count). The molecule has 0 atom stereocenters. The first kappa shape index (κ1) is 15.7. The van der Waals surface area contributed by atoms with Crippen molar-refractivity contribution in [1.29, 1.82) is 0 Å². The van der Waals surface area contributed by atoms with Gasteiger partial charge in [-0.15, -0.1) is 11.3 Å². The zero-order chi connectivity index (χ0) is 16.4. The van der Waals surface area contributed by atoms with Gasteiger partial charge in [-0.2, -0.15) is 0 Å². The fourth-order valence-electron chi connectivity index (χ4n) is 1.78. The molecule has 0 amide bonds. The molecule has 4 nitrogen and oxygen atoms in total. The van der Waals surface area contributed by atoms with E-state index in [2.05, 4.69) is 47.6 Å². The highest BCUT2D eigenvalue weighted by Crippen LogP contribution is 2.30. The molecule has 0 spiro atoms. The lowest BCUT2D eigenvalue weighted by Crippen LogP contribution is -2.09. The molecular formula is C17H14ClN3OS. The van der Waals surface area contributed by atoms with Gasteiger partial charge < -0.3 is 4.42 Å². The highest BCUT2D eigenvalue weighted by molar-refractivity contribution is 7.16. The molecule has 0 bridgehead atoms. The van der Waals surface area contributed by atoms with Gasteiger partial charge in [-0.3, -0.25) is 4.98 Å². The van der Waals surface area contributed by atoms with Crippen LogP contribution in [-0.4, -0.2) is 15.0 Å². The van der Waals surface area contributed by atoms with Gasteiger partial charge >= 0.3 is 0 Å². The molecule has 6 heteroatoms. The summed E-state index contributed by atoms with van der Waals surface area (Å²) >= 11 is 7.58. The fraction of sp³-hybridized carbons (Fsp3) is 0.235. The minimum absolute atomic E-state index is 0.0947. The zero-order valence-electron chi connectivity index (χ0n) is 12.9. The Kier molecular flexibility index (Phi) is 4.20. The van der Waals surface area contributed by atoms with Crippen molar-refractivity contribution in [3.63, 3.8) is 0 Å². The Morgan fingerprint density at radius 3 is 2.70 bits per heavy atom. The van der Waals surface area contributed by atoms with Crippen molar-refractivity contribution in [2.24, 2.45) is 0 Å². The van der Waals surface area contributed by atoms with Crippen LogP contribution < -0.4 is 0 Å². The van der Waals surface area contributed by atoms with E-state index in [1.54, 1.807) is 18.6 Å². The lowest BCUT2D eigenvalue weighted by molar-refractivity contribution is 0.402. The van der Waals surface area contributed by atoms with Crippen LogP contribution >= 0.6 is 22.9 Å². The molecule has 0 aromatic carbocycles. The molecule has 23 heavy (non-hydrogen) atoms. The summed E-state index contributed by atoms with van der Waals surface area (Å²) in [6.07, 6.45) is 5.17. The van der Waals surface area contributed by atoms with E-state index in [1.807, 2.05) is 12.1 Å². The van der Waals surface area contributed by atoms with E-state index < -0.39 is 0 Å². The summed E-state index contributed by atoms with van der Waals surface area (Å²) in [6, 6.07) is 3.79. The maximum absolute atomic E-state index is 6.16. The maximum atomic E-state index is 6.16. The first-order chi connectivity index (χ1) is 10.9. The van der Waals surface area contributed by atoms with Crippen molar-refractivity contribution in [3.8, 4) is 22.4 Å². The topological polar surface area (TPSA) is 51.8 Å². The van der Waals surface area contributed by atoms with Crippen LogP contribution in [0.25, 0.3) is 10.6 Å². The Labute approximate surface area is 143 Å². The van der Waals surface area contributed by atoms with Gasteiger partial charge in [0.15, 0.2) is 5.15 Å². The number of aromatic nitrogens is 3. The second-order valence-electron chi connectivity index (χ2n) is 5.91. The number of rotatable bonds is 1. The van der Waals surface area contributed by atoms with Gasteiger partial charge in [-0.05, 0) is 24.0 Å². The van der Waals surface area contributed by atoms with E-state index in [0.717, 1.165) is 16.3 Å². The summed E-state index contributed by atoms with van der Waals surface area (Å²) in [5, 5.41) is 1.17. The Bertz CT molecular complexity index is 882. The van der Waals surface area contributed by atoms with Gasteiger partial charge in [-0.1, -0.05) is 32.4 Å². The lowest BCUT2D eigenvalue weighted by atomic mass is 9.94. The molecule has 0 aliphatic heterocycles. The van der Waals surface area contributed by atoms with Crippen molar-refractivity contribution in [3.05, 3.63) is 52.4 Å². The monoisotopic (exact) mass is 343 g/mol. The molecule has 0 N–H and O–H groups in total. The standard InChI is InChI=1S/C17H14ClN3OS/c1-17(2,3)13-10-20-14(22-13)7-6-12-15(18)21-16(23-12)11-5-4-8-19-9-11/h4-5,8-10H,1-3H3. The molecular weight excluding hydrogens is 330 g/mol. The van der Waals surface area contributed by atoms with Crippen molar-refractivity contribution in [2.45, 2.75) is 26.2 Å². The number of thiazole rings is 1. The van der Waals surface area contributed by atoms with Gasteiger partial charge in [0.05, 0.1) is 6.20 Å². The average molecular weight is 344 g/mol. The van der Waals surface area contributed by atoms with Gasteiger partial charge in [0.25, 0.3) is 5.89 Å². The molecule has 0 radical (unpaired) electrons. The van der Waals surface area contributed by atoms with Crippen molar-refractivity contribution >= 4 is 22.9 Å². The first-order valence-electron chi connectivity index (χ1n) is 6.98. The molecule has 116 valence electrons. The Hall–Kier alpha value is -2.16. The van der Waals surface area contributed by atoms with E-state index in [9.17, 15) is 0 Å². The summed E-state index contributed by atoms with van der Waals surface area (Å²) < 4.78 is 5.65. The lowest BCUT2D eigenvalue weighted by Gasteiger charge is -2.12. The summed E-state index contributed by atoms with van der Waals surface area (Å²) in [6.45, 7) is 6.18. The number of hydrogen-bond donors (Lipinski definition) is 0. The van der Waals surface area contributed by atoms with Crippen LogP contribution in [0.2, 0.25) is 5.15 Å². The number of oxazole rings is 1. The molecule has 3 aromatic rings. The third kappa shape index (κ3) is 3.61. The first-order valence-corrected chi connectivity index (χ1v) is 8.18. The third-order valence-electron chi connectivity index (χ3n) is 3.02. The third-order valence-corrected chi connectivity index (χ3v) is 4.43. The largest absolute Gasteiger partial charge is 0.435 e. The second-order valence-corrected chi connectivity index (χ2v) is 7.27. The van der Waals surface area contributed by atoms with Crippen LogP contribution in [-0.2, 0) is 5.41 Å². The van der Waals surface area contributed by atoms with E-state index in [-0.39, 0.29) is 5.41 Å². The molecule has 3 aromatic heterocycles. The Morgan fingerprint density at radius 1 is 1.22 bits per heavy atom. The van der Waals surface area contributed by atoms with Crippen LogP contribution in [0.5, 0.6) is 0 Å². The Morgan fingerprint density at radius 2 is 2.04 bits per heavy atom. The van der Waals surface area contributed by atoms with Crippen LogP contribution in [0.1, 0.15) is 37.3 Å². The van der Waals surface area contributed by atoms with Gasteiger partial charge in [0.1, 0.15) is 15.6 Å². The second kappa shape index (κ2) is 6.15. The average Bonchev–Trinajstić information content (AvgIpc) is 3.12. The molecule has 0 saturated carbocycles. The minimum Gasteiger partial charge on any atom is -0.435 e. The number of halogens is 1.